The highest BCUT2D eigenvalue weighted by atomic mass is 35.5. The van der Waals surface area contributed by atoms with Crippen LogP contribution in [-0.4, -0.2) is 17.9 Å². The van der Waals surface area contributed by atoms with E-state index in [-0.39, 0.29) is 5.91 Å². The Labute approximate surface area is 168 Å². The molecule has 0 spiro atoms. The highest BCUT2D eigenvalue weighted by Gasteiger charge is 2.34. The third kappa shape index (κ3) is 3.39. The van der Waals surface area contributed by atoms with Crippen LogP contribution >= 0.6 is 11.6 Å². The summed E-state index contributed by atoms with van der Waals surface area (Å²) in [5.74, 6) is -1.25. The fourth-order valence-electron chi connectivity index (χ4n) is 3.77. The Morgan fingerprint density at radius 3 is 1.96 bits per heavy atom. The highest BCUT2D eigenvalue weighted by molar-refractivity contribution is 6.30. The average molecular weight is 391 g/mol. The quantitative estimate of drug-likeness (QED) is 0.697. The smallest absolute Gasteiger partial charge is 0.240 e. The van der Waals surface area contributed by atoms with Crippen LogP contribution in [0.25, 0.3) is 11.1 Å². The van der Waals surface area contributed by atoms with Gasteiger partial charge in [0.05, 0.1) is 5.92 Å². The lowest BCUT2D eigenvalue weighted by Crippen LogP contribution is -2.47. The standard InChI is InChI=1S/C23H19ClN2O2/c24-15-11-9-14(10-12-15)13-20(22(25)27)26-23(28)21-18-7-3-1-5-16(18)17-6-2-4-8-19(17)21/h1-12,20-21H,13H2,(H2,25,27)(H,26,28)/t20-/m1/s1. The third-order valence-electron chi connectivity index (χ3n) is 5.11. The van der Waals surface area contributed by atoms with Crippen LogP contribution in [0.3, 0.4) is 0 Å². The van der Waals surface area contributed by atoms with Crippen LogP contribution in [0, 0.1) is 0 Å². The van der Waals surface area contributed by atoms with E-state index in [0.29, 0.717) is 11.4 Å². The predicted octanol–water partition coefficient (Wildman–Crippen LogP) is 3.67. The highest BCUT2D eigenvalue weighted by Crippen LogP contribution is 2.44. The summed E-state index contributed by atoms with van der Waals surface area (Å²) in [5, 5.41) is 3.47. The van der Waals surface area contributed by atoms with Crippen LogP contribution in [0.2, 0.25) is 5.02 Å². The molecule has 0 aromatic heterocycles. The van der Waals surface area contributed by atoms with Crippen molar-refractivity contribution in [3.8, 4) is 11.1 Å². The molecule has 1 aliphatic carbocycles. The van der Waals surface area contributed by atoms with Crippen LogP contribution in [0.1, 0.15) is 22.6 Å². The van der Waals surface area contributed by atoms with Crippen molar-refractivity contribution in [2.45, 2.75) is 18.4 Å². The number of primary amides is 1. The van der Waals surface area contributed by atoms with Crippen molar-refractivity contribution in [2.24, 2.45) is 5.73 Å². The number of hydrogen-bond donors (Lipinski definition) is 2. The van der Waals surface area contributed by atoms with Crippen molar-refractivity contribution < 1.29 is 9.59 Å². The minimum atomic E-state index is -0.798. The molecule has 0 aliphatic heterocycles. The Kier molecular flexibility index (Phi) is 4.88. The second-order valence-electron chi connectivity index (χ2n) is 6.90. The summed E-state index contributed by atoms with van der Waals surface area (Å²) in [4.78, 5) is 25.2. The van der Waals surface area contributed by atoms with Gasteiger partial charge in [0.1, 0.15) is 6.04 Å². The Morgan fingerprint density at radius 1 is 0.893 bits per heavy atom. The Morgan fingerprint density at radius 2 is 1.43 bits per heavy atom. The zero-order valence-corrected chi connectivity index (χ0v) is 15.8. The number of carbonyl (C=O) groups is 2. The molecule has 28 heavy (non-hydrogen) atoms. The maximum Gasteiger partial charge on any atom is 0.240 e. The maximum atomic E-state index is 13.2. The van der Waals surface area contributed by atoms with Gasteiger partial charge in [0, 0.05) is 11.4 Å². The molecule has 1 atom stereocenters. The number of hydrogen-bond acceptors (Lipinski definition) is 2. The molecule has 3 aromatic carbocycles. The number of carbonyl (C=O) groups excluding carboxylic acids is 2. The predicted molar refractivity (Wildman–Crippen MR) is 110 cm³/mol. The minimum absolute atomic E-state index is 0.227. The van der Waals surface area contributed by atoms with Crippen molar-refractivity contribution >= 4 is 23.4 Å². The van der Waals surface area contributed by atoms with Crippen molar-refractivity contribution in [2.75, 3.05) is 0 Å². The van der Waals surface area contributed by atoms with Crippen LogP contribution < -0.4 is 11.1 Å². The van der Waals surface area contributed by atoms with Crippen molar-refractivity contribution in [1.82, 2.24) is 5.32 Å². The fourth-order valence-corrected chi connectivity index (χ4v) is 3.90. The zero-order chi connectivity index (χ0) is 19.7. The van der Waals surface area contributed by atoms with E-state index < -0.39 is 17.9 Å². The zero-order valence-electron chi connectivity index (χ0n) is 15.1. The number of rotatable bonds is 5. The van der Waals surface area contributed by atoms with E-state index >= 15 is 0 Å². The number of nitrogens with one attached hydrogen (secondary N) is 1. The van der Waals surface area contributed by atoms with Gasteiger partial charge in [-0.25, -0.2) is 0 Å². The number of halogens is 1. The third-order valence-corrected chi connectivity index (χ3v) is 5.36. The lowest BCUT2D eigenvalue weighted by molar-refractivity contribution is -0.127. The van der Waals surface area contributed by atoms with E-state index in [1.807, 2.05) is 60.7 Å². The first kappa shape index (κ1) is 18.3. The molecule has 3 N–H and O–H groups in total. The summed E-state index contributed by atoms with van der Waals surface area (Å²) in [6, 6.07) is 22.1. The molecule has 5 heteroatoms. The van der Waals surface area contributed by atoms with E-state index in [2.05, 4.69) is 5.32 Å². The second kappa shape index (κ2) is 7.49. The summed E-state index contributed by atoms with van der Waals surface area (Å²) in [6.45, 7) is 0. The van der Waals surface area contributed by atoms with Gasteiger partial charge >= 0.3 is 0 Å². The Bertz CT molecular complexity index is 1000. The summed E-state index contributed by atoms with van der Waals surface area (Å²) in [6.07, 6.45) is 0.314. The van der Waals surface area contributed by atoms with E-state index in [4.69, 9.17) is 17.3 Å². The SMILES string of the molecule is NC(=O)[C@@H](Cc1ccc(Cl)cc1)NC(=O)C1c2ccccc2-c2ccccc21. The van der Waals surface area contributed by atoms with Crippen molar-refractivity contribution in [1.29, 1.82) is 0 Å². The molecule has 0 bridgehead atoms. The Hall–Kier alpha value is -3.11. The largest absolute Gasteiger partial charge is 0.368 e. The lowest BCUT2D eigenvalue weighted by Gasteiger charge is -2.20. The molecule has 0 saturated carbocycles. The fraction of sp³-hybridized carbons (Fsp3) is 0.130. The molecule has 4 nitrogen and oxygen atoms in total. The normalized spacial score (nSPS) is 13.5. The van der Waals surface area contributed by atoms with Gasteiger partial charge in [-0.1, -0.05) is 72.3 Å². The van der Waals surface area contributed by atoms with Gasteiger partial charge in [-0.05, 0) is 39.9 Å². The first-order valence-corrected chi connectivity index (χ1v) is 9.45. The monoisotopic (exact) mass is 390 g/mol. The van der Waals surface area contributed by atoms with Crippen LogP contribution in [0.5, 0.6) is 0 Å². The molecule has 2 amide bonds. The van der Waals surface area contributed by atoms with Crippen LogP contribution in [0.4, 0.5) is 0 Å². The van der Waals surface area contributed by atoms with Gasteiger partial charge in [0.15, 0.2) is 0 Å². The summed E-state index contributed by atoms with van der Waals surface area (Å²) in [5.41, 5.74) is 10.4. The first-order valence-electron chi connectivity index (χ1n) is 9.07. The number of fused-ring (bicyclic) bond motifs is 3. The van der Waals surface area contributed by atoms with Crippen molar-refractivity contribution in [3.05, 3.63) is 94.5 Å². The van der Waals surface area contributed by atoms with Gasteiger partial charge in [-0.2, -0.15) is 0 Å². The van der Waals surface area contributed by atoms with Gasteiger partial charge in [0.2, 0.25) is 11.8 Å². The lowest BCUT2D eigenvalue weighted by atomic mass is 9.95. The van der Waals surface area contributed by atoms with Gasteiger partial charge in [-0.3, -0.25) is 9.59 Å². The van der Waals surface area contributed by atoms with E-state index in [0.717, 1.165) is 27.8 Å². The topological polar surface area (TPSA) is 72.2 Å². The molecule has 1 aliphatic rings. The molecule has 3 aromatic rings. The molecule has 0 heterocycles. The number of benzene rings is 3. The van der Waals surface area contributed by atoms with E-state index in [1.165, 1.54) is 0 Å². The number of nitrogens with two attached hydrogens (primary N) is 1. The van der Waals surface area contributed by atoms with Gasteiger partial charge in [-0.15, -0.1) is 0 Å². The molecule has 0 fully saturated rings. The van der Waals surface area contributed by atoms with Gasteiger partial charge < -0.3 is 11.1 Å². The second-order valence-corrected chi connectivity index (χ2v) is 7.34. The van der Waals surface area contributed by atoms with E-state index in [1.54, 1.807) is 12.1 Å². The van der Waals surface area contributed by atoms with Crippen LogP contribution in [0.15, 0.2) is 72.8 Å². The number of amides is 2. The van der Waals surface area contributed by atoms with Crippen molar-refractivity contribution in [3.63, 3.8) is 0 Å². The average Bonchev–Trinajstić information content (AvgIpc) is 3.03. The summed E-state index contributed by atoms with van der Waals surface area (Å²) >= 11 is 5.92. The van der Waals surface area contributed by atoms with Gasteiger partial charge in [0.25, 0.3) is 0 Å². The molecule has 0 saturated heterocycles. The molecule has 0 radical (unpaired) electrons. The minimum Gasteiger partial charge on any atom is -0.368 e. The molecular weight excluding hydrogens is 372 g/mol. The molecule has 4 rings (SSSR count). The van der Waals surface area contributed by atoms with E-state index in [9.17, 15) is 9.59 Å². The van der Waals surface area contributed by atoms with Crippen LogP contribution in [-0.2, 0) is 16.0 Å². The molecule has 140 valence electrons. The Balaban J connectivity index is 1.61. The molecular formula is C23H19ClN2O2. The first-order chi connectivity index (χ1) is 13.5. The summed E-state index contributed by atoms with van der Waals surface area (Å²) in [7, 11) is 0. The maximum absolute atomic E-state index is 13.2. The molecule has 0 unspecified atom stereocenters. The summed E-state index contributed by atoms with van der Waals surface area (Å²) < 4.78 is 0.